The molecule has 14 aromatic rings. The van der Waals surface area contributed by atoms with Crippen molar-refractivity contribution in [1.29, 1.82) is 0 Å². The number of para-hydroxylation sites is 2. The van der Waals surface area contributed by atoms with Crippen LogP contribution >= 0.6 is 0 Å². The molecule has 80 heavy (non-hydrogen) atoms. The molecule has 0 fully saturated rings. The van der Waals surface area contributed by atoms with E-state index >= 15 is 0 Å². The minimum Gasteiger partial charge on any atom is -0.356 e. The highest BCUT2D eigenvalue weighted by Gasteiger charge is 2.23. The first-order chi connectivity index (χ1) is 39.6. The largest absolute Gasteiger partial charge is 0.356 e. The Hall–Kier alpha value is -10.7. The second kappa shape index (κ2) is 21.0. The molecule has 0 unspecified atom stereocenters. The molecule has 0 aromatic heterocycles. The number of anilines is 10. The number of hydrogen-bond acceptors (Lipinski definition) is 4. The van der Waals surface area contributed by atoms with E-state index in [0.717, 1.165) is 84.7 Å². The van der Waals surface area contributed by atoms with Gasteiger partial charge < -0.3 is 20.4 Å². The molecule has 0 saturated carbocycles. The second-order valence-electron chi connectivity index (χ2n) is 20.3. The lowest BCUT2D eigenvalue weighted by molar-refractivity contribution is 1.29. The maximum Gasteiger partial charge on any atom is 0.0470 e. The fourth-order valence-corrected chi connectivity index (χ4v) is 11.5. The minimum atomic E-state index is 0.989. The average Bonchev–Trinajstić information content (AvgIpc) is 3.62. The quantitative estimate of drug-likeness (QED) is 0.120. The van der Waals surface area contributed by atoms with Crippen LogP contribution in [0.2, 0.25) is 0 Å². The van der Waals surface area contributed by atoms with Gasteiger partial charge >= 0.3 is 0 Å². The van der Waals surface area contributed by atoms with Gasteiger partial charge in [0.2, 0.25) is 0 Å². The van der Waals surface area contributed by atoms with E-state index in [1.54, 1.807) is 0 Å². The van der Waals surface area contributed by atoms with Crippen molar-refractivity contribution >= 4 is 100.0 Å². The van der Waals surface area contributed by atoms with E-state index in [1.165, 1.54) is 48.7 Å². The van der Waals surface area contributed by atoms with Gasteiger partial charge in [0.1, 0.15) is 0 Å². The summed E-state index contributed by atoms with van der Waals surface area (Å²) in [5.41, 5.74) is 17.5. The lowest BCUT2D eigenvalue weighted by Crippen LogP contribution is -2.09. The zero-order valence-corrected chi connectivity index (χ0v) is 43.9. The molecular formula is C76H54N4. The summed E-state index contributed by atoms with van der Waals surface area (Å²) in [6.07, 6.45) is 0. The van der Waals surface area contributed by atoms with Crippen LogP contribution in [0, 0.1) is 0 Å². The van der Waals surface area contributed by atoms with Gasteiger partial charge in [0.15, 0.2) is 0 Å². The van der Waals surface area contributed by atoms with Crippen molar-refractivity contribution in [2.75, 3.05) is 20.4 Å². The second-order valence-corrected chi connectivity index (χ2v) is 20.3. The molecule has 0 aliphatic heterocycles. The molecule has 0 radical (unpaired) electrons. The van der Waals surface area contributed by atoms with Crippen molar-refractivity contribution in [3.05, 3.63) is 315 Å². The van der Waals surface area contributed by atoms with Crippen LogP contribution in [0.3, 0.4) is 0 Å². The first-order valence-electron chi connectivity index (χ1n) is 27.3. The van der Waals surface area contributed by atoms with Crippen LogP contribution < -0.4 is 20.4 Å². The van der Waals surface area contributed by atoms with E-state index in [0.29, 0.717) is 0 Å². The SMILES string of the molecule is c1ccc(N(c2ccc(Nc3ccc(-c4ccc(Nc5ccc(N(c6ccccc6)c6ccc7ccccc7c6)cc5)c(-c5cccc6ccccc56)c4-c4cccc5ccccc45)cc3)cc2)c2ccc3ccccc3c2)cc1. The van der Waals surface area contributed by atoms with Crippen LogP contribution in [0.1, 0.15) is 0 Å². The Morgan fingerprint density at radius 3 is 1.09 bits per heavy atom. The molecule has 0 aliphatic carbocycles. The topological polar surface area (TPSA) is 30.5 Å². The van der Waals surface area contributed by atoms with E-state index in [2.05, 4.69) is 336 Å². The lowest BCUT2D eigenvalue weighted by atomic mass is 9.83. The van der Waals surface area contributed by atoms with Gasteiger partial charge in [-0.2, -0.15) is 0 Å². The van der Waals surface area contributed by atoms with Crippen molar-refractivity contribution in [2.24, 2.45) is 0 Å². The summed E-state index contributed by atoms with van der Waals surface area (Å²) in [6, 6.07) is 114. The minimum absolute atomic E-state index is 0.989. The van der Waals surface area contributed by atoms with Gasteiger partial charge in [-0.15, -0.1) is 0 Å². The van der Waals surface area contributed by atoms with Crippen molar-refractivity contribution < 1.29 is 0 Å². The number of nitrogens with one attached hydrogen (secondary N) is 2. The predicted molar refractivity (Wildman–Crippen MR) is 342 cm³/mol. The van der Waals surface area contributed by atoms with Gasteiger partial charge in [-0.3, -0.25) is 0 Å². The Bertz CT molecular complexity index is 4510. The average molecular weight is 1020 g/mol. The summed E-state index contributed by atoms with van der Waals surface area (Å²) in [6.45, 7) is 0. The lowest BCUT2D eigenvalue weighted by Gasteiger charge is -2.26. The van der Waals surface area contributed by atoms with E-state index < -0.39 is 0 Å². The van der Waals surface area contributed by atoms with Crippen LogP contribution in [-0.4, -0.2) is 0 Å². The molecule has 0 spiro atoms. The third-order valence-electron chi connectivity index (χ3n) is 15.3. The normalized spacial score (nSPS) is 11.2. The molecule has 4 heteroatoms. The Balaban J connectivity index is 0.845. The molecule has 2 N–H and O–H groups in total. The molecule has 4 nitrogen and oxygen atoms in total. The first kappa shape index (κ1) is 47.7. The Morgan fingerprint density at radius 2 is 0.588 bits per heavy atom. The molecule has 0 aliphatic rings. The fourth-order valence-electron chi connectivity index (χ4n) is 11.5. The zero-order valence-electron chi connectivity index (χ0n) is 43.9. The van der Waals surface area contributed by atoms with Crippen LogP contribution in [-0.2, 0) is 0 Å². The molecule has 0 heterocycles. The van der Waals surface area contributed by atoms with Crippen molar-refractivity contribution in [3.8, 4) is 33.4 Å². The highest BCUT2D eigenvalue weighted by molar-refractivity contribution is 6.12. The van der Waals surface area contributed by atoms with Gasteiger partial charge in [-0.05, 0) is 181 Å². The van der Waals surface area contributed by atoms with Gasteiger partial charge in [-0.1, -0.05) is 200 Å². The number of hydrogen-bond donors (Lipinski definition) is 2. The molecule has 14 rings (SSSR count). The van der Waals surface area contributed by atoms with Gasteiger partial charge in [0.05, 0.1) is 0 Å². The zero-order chi connectivity index (χ0) is 53.2. The molecule has 0 bridgehead atoms. The van der Waals surface area contributed by atoms with Gasteiger partial charge in [0, 0.05) is 68.0 Å². The highest BCUT2D eigenvalue weighted by Crippen LogP contribution is 2.49. The molecule has 14 aromatic carbocycles. The van der Waals surface area contributed by atoms with E-state index in [-0.39, 0.29) is 0 Å². The van der Waals surface area contributed by atoms with Crippen LogP contribution in [0.5, 0.6) is 0 Å². The Kier molecular flexibility index (Phi) is 12.6. The maximum atomic E-state index is 3.98. The smallest absolute Gasteiger partial charge is 0.0470 e. The van der Waals surface area contributed by atoms with Crippen molar-refractivity contribution in [2.45, 2.75) is 0 Å². The number of nitrogens with zero attached hydrogens (tertiary/aromatic N) is 2. The summed E-state index contributed by atoms with van der Waals surface area (Å²) >= 11 is 0. The van der Waals surface area contributed by atoms with E-state index in [4.69, 9.17) is 0 Å². The molecular weight excluding hydrogens is 969 g/mol. The van der Waals surface area contributed by atoms with E-state index in [1.807, 2.05) is 0 Å². The number of fused-ring (bicyclic) bond motifs is 4. The highest BCUT2D eigenvalue weighted by atomic mass is 15.1. The van der Waals surface area contributed by atoms with Gasteiger partial charge in [-0.25, -0.2) is 0 Å². The summed E-state index contributed by atoms with van der Waals surface area (Å²) in [4.78, 5) is 4.64. The van der Waals surface area contributed by atoms with Crippen molar-refractivity contribution in [3.63, 3.8) is 0 Å². The molecule has 0 saturated heterocycles. The number of benzene rings is 14. The monoisotopic (exact) mass is 1020 g/mol. The summed E-state index contributed by atoms with van der Waals surface area (Å²) in [7, 11) is 0. The molecule has 0 atom stereocenters. The summed E-state index contributed by atoms with van der Waals surface area (Å²) in [5, 5.41) is 17.3. The van der Waals surface area contributed by atoms with Crippen LogP contribution in [0.25, 0.3) is 76.5 Å². The van der Waals surface area contributed by atoms with Crippen LogP contribution in [0.15, 0.2) is 315 Å². The Morgan fingerprint density at radius 1 is 0.212 bits per heavy atom. The fraction of sp³-hybridized carbons (Fsp3) is 0. The first-order valence-corrected chi connectivity index (χ1v) is 27.3. The predicted octanol–water partition coefficient (Wildman–Crippen LogP) is 21.7. The van der Waals surface area contributed by atoms with Gasteiger partial charge in [0.25, 0.3) is 0 Å². The number of rotatable bonds is 13. The maximum absolute atomic E-state index is 3.98. The molecule has 0 amide bonds. The summed E-state index contributed by atoms with van der Waals surface area (Å²) in [5.74, 6) is 0. The van der Waals surface area contributed by atoms with Crippen molar-refractivity contribution in [1.82, 2.24) is 0 Å². The summed E-state index contributed by atoms with van der Waals surface area (Å²) < 4.78 is 0. The Labute approximate surface area is 466 Å². The third-order valence-corrected chi connectivity index (χ3v) is 15.3. The molecule has 378 valence electrons. The van der Waals surface area contributed by atoms with Crippen LogP contribution in [0.4, 0.5) is 56.9 Å². The van der Waals surface area contributed by atoms with E-state index in [9.17, 15) is 0 Å². The third kappa shape index (κ3) is 9.31. The standard InChI is InChI=1S/C76H54N4/c1-3-25-63(26-4-1)79(67-43-35-53-17-7-9-21-58(53)51-67)65-45-39-61(40-46-65)77-60-37-33-57(34-38-60)71-49-50-74(76(73-32-16-24-56-20-12-14-30-70(56)73)75(71)72-31-15-23-55-19-11-13-29-69(55)72)78-62-41-47-66(48-42-62)80(64-27-5-2-6-28-64)68-44-36-54-18-8-10-22-59(54)52-68/h1-52,77-78H.